The van der Waals surface area contributed by atoms with Crippen LogP contribution in [0.1, 0.15) is 37.2 Å². The van der Waals surface area contributed by atoms with Crippen LogP contribution in [0, 0.1) is 0 Å². The first-order valence-electron chi connectivity index (χ1n) is 4.95. The second-order valence-corrected chi connectivity index (χ2v) is 4.15. The second kappa shape index (κ2) is 6.78. The molecule has 0 aliphatic carbocycles. The van der Waals surface area contributed by atoms with E-state index in [-0.39, 0.29) is 23.9 Å². The minimum Gasteiger partial charge on any atom is -0.349 e. The van der Waals surface area contributed by atoms with Gasteiger partial charge in [0.25, 0.3) is 5.91 Å². The van der Waals surface area contributed by atoms with E-state index in [1.165, 1.54) is 0 Å². The summed E-state index contributed by atoms with van der Waals surface area (Å²) in [6.45, 7) is 4.50. The Bertz CT molecular complexity index is 313. The van der Waals surface area contributed by atoms with Crippen LogP contribution in [0.15, 0.2) is 5.38 Å². The Kier molecular flexibility index (Phi) is 6.47. The van der Waals surface area contributed by atoms with Crippen molar-refractivity contribution in [1.82, 2.24) is 14.9 Å². The van der Waals surface area contributed by atoms with E-state index in [1.807, 2.05) is 13.8 Å². The van der Waals surface area contributed by atoms with Gasteiger partial charge in [0.15, 0.2) is 5.69 Å². The maximum Gasteiger partial charge on any atom is 0.272 e. The van der Waals surface area contributed by atoms with Crippen LogP contribution in [0.3, 0.4) is 0 Å². The van der Waals surface area contributed by atoms with Gasteiger partial charge >= 0.3 is 0 Å². The number of hydrogen-bond acceptors (Lipinski definition) is 5. The van der Waals surface area contributed by atoms with Gasteiger partial charge in [0.2, 0.25) is 0 Å². The quantitative estimate of drug-likeness (QED) is 0.838. The smallest absolute Gasteiger partial charge is 0.272 e. The number of amides is 1. The van der Waals surface area contributed by atoms with Crippen molar-refractivity contribution in [1.29, 1.82) is 0 Å². The number of halogens is 1. The summed E-state index contributed by atoms with van der Waals surface area (Å²) in [6.07, 6.45) is 1.66. The molecular formula is C9H17ClN4OS. The molecule has 16 heavy (non-hydrogen) atoms. The molecule has 0 aliphatic rings. The maximum absolute atomic E-state index is 11.5. The zero-order chi connectivity index (χ0) is 11.3. The first-order chi connectivity index (χ1) is 7.11. The number of nitrogens with zero attached hydrogens (tertiary/aromatic N) is 2. The molecule has 1 heterocycles. The van der Waals surface area contributed by atoms with Gasteiger partial charge in [-0.3, -0.25) is 4.79 Å². The van der Waals surface area contributed by atoms with E-state index in [1.54, 1.807) is 5.38 Å². The average Bonchev–Trinajstić information content (AvgIpc) is 2.79. The van der Waals surface area contributed by atoms with Crippen LogP contribution >= 0.6 is 23.9 Å². The highest BCUT2D eigenvalue weighted by Gasteiger charge is 2.21. The van der Waals surface area contributed by atoms with E-state index >= 15 is 0 Å². The molecule has 1 aromatic heterocycles. The summed E-state index contributed by atoms with van der Waals surface area (Å²) in [5.41, 5.74) is 6.09. The van der Waals surface area contributed by atoms with Crippen LogP contribution in [0.4, 0.5) is 0 Å². The number of carbonyl (C=O) groups excluding carboxylic acids is 1. The Hall–Kier alpha value is -0.720. The summed E-state index contributed by atoms with van der Waals surface area (Å²) in [6, 6.07) is 0. The van der Waals surface area contributed by atoms with Crippen molar-refractivity contribution >= 4 is 29.8 Å². The summed E-state index contributed by atoms with van der Waals surface area (Å²) in [7, 11) is 0. The lowest BCUT2D eigenvalue weighted by Gasteiger charge is -2.26. The fourth-order valence-corrected chi connectivity index (χ4v) is 1.55. The van der Waals surface area contributed by atoms with Crippen LogP contribution in [0.5, 0.6) is 0 Å². The Labute approximate surface area is 105 Å². The standard InChI is InChI=1S/C9H16N4OS.ClH/c1-3-9(10,4-2)6-11-8(14)7-5-15-13-12-7;/h5H,3-4,6,10H2,1-2H3,(H,11,14);1H. The van der Waals surface area contributed by atoms with Gasteiger partial charge in [-0.1, -0.05) is 18.3 Å². The van der Waals surface area contributed by atoms with E-state index in [0.29, 0.717) is 12.2 Å². The highest BCUT2D eigenvalue weighted by molar-refractivity contribution is 7.03. The summed E-state index contributed by atoms with van der Waals surface area (Å²) >= 11 is 1.16. The Morgan fingerprint density at radius 2 is 2.19 bits per heavy atom. The molecule has 0 saturated carbocycles. The van der Waals surface area contributed by atoms with Gasteiger partial charge in [0.05, 0.1) is 0 Å². The minimum atomic E-state index is -0.320. The van der Waals surface area contributed by atoms with Crippen LogP contribution in [0.2, 0.25) is 0 Å². The van der Waals surface area contributed by atoms with Gasteiger partial charge in [-0.25, -0.2) is 0 Å². The third-order valence-corrected chi connectivity index (χ3v) is 3.11. The lowest BCUT2D eigenvalue weighted by molar-refractivity contribution is 0.0937. The summed E-state index contributed by atoms with van der Waals surface area (Å²) < 4.78 is 3.63. The highest BCUT2D eigenvalue weighted by atomic mass is 35.5. The third-order valence-electron chi connectivity index (χ3n) is 2.60. The number of aromatic nitrogens is 2. The molecule has 1 aromatic rings. The number of nitrogens with two attached hydrogens (primary N) is 1. The molecule has 0 radical (unpaired) electrons. The Morgan fingerprint density at radius 3 is 2.62 bits per heavy atom. The molecule has 3 N–H and O–H groups in total. The molecule has 5 nitrogen and oxygen atoms in total. The van der Waals surface area contributed by atoms with Gasteiger partial charge in [0.1, 0.15) is 0 Å². The molecule has 92 valence electrons. The number of carbonyl (C=O) groups is 1. The molecule has 0 spiro atoms. The second-order valence-electron chi connectivity index (χ2n) is 3.54. The summed E-state index contributed by atoms with van der Waals surface area (Å²) in [4.78, 5) is 11.5. The summed E-state index contributed by atoms with van der Waals surface area (Å²) in [5, 5.41) is 8.07. The van der Waals surface area contributed by atoms with Gasteiger partial charge in [0, 0.05) is 17.5 Å². The third kappa shape index (κ3) is 4.03. The fourth-order valence-electron chi connectivity index (χ4n) is 1.11. The topological polar surface area (TPSA) is 80.9 Å². The van der Waals surface area contributed by atoms with Gasteiger partial charge < -0.3 is 11.1 Å². The Balaban J connectivity index is 0.00000225. The van der Waals surface area contributed by atoms with Crippen LogP contribution in [-0.4, -0.2) is 27.6 Å². The van der Waals surface area contributed by atoms with Crippen LogP contribution < -0.4 is 11.1 Å². The van der Waals surface area contributed by atoms with E-state index in [0.717, 1.165) is 24.4 Å². The highest BCUT2D eigenvalue weighted by Crippen LogP contribution is 2.09. The first kappa shape index (κ1) is 15.3. The first-order valence-corrected chi connectivity index (χ1v) is 5.79. The van der Waals surface area contributed by atoms with Crippen LogP contribution in [0.25, 0.3) is 0 Å². The number of nitrogens with one attached hydrogen (secondary N) is 1. The van der Waals surface area contributed by atoms with Crippen molar-refractivity contribution < 1.29 is 4.79 Å². The van der Waals surface area contributed by atoms with E-state index < -0.39 is 0 Å². The van der Waals surface area contributed by atoms with Crippen molar-refractivity contribution in [3.63, 3.8) is 0 Å². The lowest BCUT2D eigenvalue weighted by atomic mass is 9.94. The molecule has 0 fully saturated rings. The number of hydrogen-bond donors (Lipinski definition) is 2. The van der Waals surface area contributed by atoms with Gasteiger partial charge in [-0.05, 0) is 24.4 Å². The van der Waals surface area contributed by atoms with Gasteiger partial charge in [-0.15, -0.1) is 17.5 Å². The number of rotatable bonds is 5. The van der Waals surface area contributed by atoms with Gasteiger partial charge in [-0.2, -0.15) is 0 Å². The molecule has 1 amide bonds. The molecule has 1 rings (SSSR count). The predicted octanol–water partition coefficient (Wildman–Crippen LogP) is 1.21. The molecule has 0 aromatic carbocycles. The van der Waals surface area contributed by atoms with Crippen LogP contribution in [-0.2, 0) is 0 Å². The average molecular weight is 265 g/mol. The predicted molar refractivity (Wildman–Crippen MR) is 67.0 cm³/mol. The van der Waals surface area contributed by atoms with Crippen molar-refractivity contribution in [2.75, 3.05) is 6.54 Å². The molecule has 0 saturated heterocycles. The lowest BCUT2D eigenvalue weighted by Crippen LogP contribution is -2.49. The minimum absolute atomic E-state index is 0. The maximum atomic E-state index is 11.5. The van der Waals surface area contributed by atoms with E-state index in [4.69, 9.17) is 5.73 Å². The monoisotopic (exact) mass is 264 g/mol. The zero-order valence-electron chi connectivity index (χ0n) is 9.40. The molecule has 0 atom stereocenters. The Morgan fingerprint density at radius 1 is 1.56 bits per heavy atom. The van der Waals surface area contributed by atoms with Crippen molar-refractivity contribution in [3.8, 4) is 0 Å². The molecule has 7 heteroatoms. The molecule has 0 unspecified atom stereocenters. The molecule has 0 aliphatic heterocycles. The van der Waals surface area contributed by atoms with E-state index in [9.17, 15) is 4.79 Å². The molecule has 0 bridgehead atoms. The zero-order valence-corrected chi connectivity index (χ0v) is 11.0. The fraction of sp³-hybridized carbons (Fsp3) is 0.667. The normalized spacial score (nSPS) is 10.7. The molecular weight excluding hydrogens is 248 g/mol. The van der Waals surface area contributed by atoms with Crippen molar-refractivity contribution in [2.45, 2.75) is 32.2 Å². The SMILES string of the molecule is CCC(N)(CC)CNC(=O)c1csnn1.Cl. The largest absolute Gasteiger partial charge is 0.349 e. The summed E-state index contributed by atoms with van der Waals surface area (Å²) in [5.74, 6) is -0.208. The van der Waals surface area contributed by atoms with E-state index in [2.05, 4.69) is 14.9 Å². The van der Waals surface area contributed by atoms with Crippen molar-refractivity contribution in [2.24, 2.45) is 5.73 Å². The van der Waals surface area contributed by atoms with Crippen molar-refractivity contribution in [3.05, 3.63) is 11.1 Å².